The Bertz CT molecular complexity index is 569. The first-order chi connectivity index (χ1) is 10.1. The van der Waals surface area contributed by atoms with Gasteiger partial charge in [-0.15, -0.1) is 5.10 Å². The van der Waals surface area contributed by atoms with Gasteiger partial charge in [0.1, 0.15) is 24.1 Å². The fourth-order valence-electron chi connectivity index (χ4n) is 1.93. The molecule has 7 heteroatoms. The summed E-state index contributed by atoms with van der Waals surface area (Å²) in [6, 6.07) is 1.88. The molecule has 0 amide bonds. The van der Waals surface area contributed by atoms with E-state index in [-0.39, 0.29) is 0 Å². The Kier molecular flexibility index (Phi) is 5.21. The van der Waals surface area contributed by atoms with E-state index in [4.69, 9.17) is 4.74 Å². The topological polar surface area (TPSA) is 77.8 Å². The van der Waals surface area contributed by atoms with Gasteiger partial charge in [-0.25, -0.2) is 15.0 Å². The van der Waals surface area contributed by atoms with Crippen molar-refractivity contribution in [3.63, 3.8) is 0 Å². The number of anilines is 1. The highest BCUT2D eigenvalue weighted by Crippen LogP contribution is 2.13. The maximum atomic E-state index is 5.41. The zero-order valence-electron chi connectivity index (χ0n) is 13.1. The Morgan fingerprint density at radius 3 is 2.62 bits per heavy atom. The molecule has 0 saturated heterocycles. The standard InChI is InChI=1S/C14H22N6O/c1-5-7-15-12-8-14(18-13(17-12)9-21-6-2)20-11(4)16-10(3)19-20/h8H,5-7,9H2,1-4H3,(H,15,17,18). The smallest absolute Gasteiger partial charge is 0.161 e. The second-order valence-corrected chi connectivity index (χ2v) is 4.71. The average molecular weight is 290 g/mol. The SMILES string of the molecule is CCCNc1cc(-n2nc(C)nc2C)nc(COCC)n1. The average Bonchev–Trinajstić information content (AvgIpc) is 2.81. The first-order valence-corrected chi connectivity index (χ1v) is 7.24. The lowest BCUT2D eigenvalue weighted by Gasteiger charge is -2.10. The van der Waals surface area contributed by atoms with Gasteiger partial charge in [0, 0.05) is 19.2 Å². The molecule has 0 fully saturated rings. The van der Waals surface area contributed by atoms with Crippen LogP contribution in [0.2, 0.25) is 0 Å². The summed E-state index contributed by atoms with van der Waals surface area (Å²) in [6.07, 6.45) is 1.03. The van der Waals surface area contributed by atoms with E-state index in [0.29, 0.717) is 24.9 Å². The molecule has 2 aromatic heterocycles. The Morgan fingerprint density at radius 2 is 2.00 bits per heavy atom. The molecular weight excluding hydrogens is 268 g/mol. The molecule has 0 aromatic carbocycles. The van der Waals surface area contributed by atoms with Crippen molar-refractivity contribution in [3.05, 3.63) is 23.5 Å². The summed E-state index contributed by atoms with van der Waals surface area (Å²) in [5.74, 6) is 3.65. The molecule has 0 aliphatic rings. The second-order valence-electron chi connectivity index (χ2n) is 4.71. The van der Waals surface area contributed by atoms with Crippen molar-refractivity contribution in [2.45, 2.75) is 40.7 Å². The summed E-state index contributed by atoms with van der Waals surface area (Å²) in [6.45, 7) is 9.71. The van der Waals surface area contributed by atoms with E-state index in [1.54, 1.807) is 4.68 Å². The summed E-state index contributed by atoms with van der Waals surface area (Å²) in [5.41, 5.74) is 0. The van der Waals surface area contributed by atoms with Gasteiger partial charge < -0.3 is 10.1 Å². The molecule has 0 bridgehead atoms. The Morgan fingerprint density at radius 1 is 1.19 bits per heavy atom. The van der Waals surface area contributed by atoms with Gasteiger partial charge >= 0.3 is 0 Å². The van der Waals surface area contributed by atoms with Crippen LogP contribution in [0.3, 0.4) is 0 Å². The van der Waals surface area contributed by atoms with Crippen molar-refractivity contribution in [2.75, 3.05) is 18.5 Å². The van der Waals surface area contributed by atoms with E-state index in [2.05, 4.69) is 32.3 Å². The van der Waals surface area contributed by atoms with Gasteiger partial charge in [-0.05, 0) is 27.2 Å². The van der Waals surface area contributed by atoms with E-state index in [1.165, 1.54) is 0 Å². The lowest BCUT2D eigenvalue weighted by molar-refractivity contribution is 0.128. The number of hydrogen-bond donors (Lipinski definition) is 1. The third kappa shape index (κ3) is 3.98. The molecule has 0 spiro atoms. The predicted molar refractivity (Wildman–Crippen MR) is 80.5 cm³/mol. The molecule has 0 saturated carbocycles. The third-order valence-corrected chi connectivity index (χ3v) is 2.84. The van der Waals surface area contributed by atoms with Crippen LogP contribution in [0.5, 0.6) is 0 Å². The molecule has 21 heavy (non-hydrogen) atoms. The van der Waals surface area contributed by atoms with Gasteiger partial charge in [0.05, 0.1) is 0 Å². The molecule has 0 aliphatic carbocycles. The molecular formula is C14H22N6O. The van der Waals surface area contributed by atoms with Gasteiger partial charge in [0.2, 0.25) is 0 Å². The van der Waals surface area contributed by atoms with E-state index in [1.807, 2.05) is 26.8 Å². The number of rotatable bonds is 7. The number of aryl methyl sites for hydroxylation is 2. The second kappa shape index (κ2) is 7.12. The highest BCUT2D eigenvalue weighted by Gasteiger charge is 2.10. The van der Waals surface area contributed by atoms with Gasteiger partial charge in [-0.2, -0.15) is 4.68 Å². The van der Waals surface area contributed by atoms with Crippen LogP contribution in [0.15, 0.2) is 6.07 Å². The van der Waals surface area contributed by atoms with E-state index >= 15 is 0 Å². The van der Waals surface area contributed by atoms with Crippen molar-refractivity contribution in [2.24, 2.45) is 0 Å². The highest BCUT2D eigenvalue weighted by molar-refractivity contribution is 5.41. The molecule has 2 heterocycles. The zero-order chi connectivity index (χ0) is 15.2. The largest absolute Gasteiger partial charge is 0.374 e. The minimum atomic E-state index is 0.387. The lowest BCUT2D eigenvalue weighted by atomic mass is 10.4. The zero-order valence-corrected chi connectivity index (χ0v) is 13.1. The maximum Gasteiger partial charge on any atom is 0.161 e. The molecule has 7 nitrogen and oxygen atoms in total. The van der Waals surface area contributed by atoms with Crippen LogP contribution in [-0.2, 0) is 11.3 Å². The van der Waals surface area contributed by atoms with Crippen LogP contribution >= 0.6 is 0 Å². The van der Waals surface area contributed by atoms with E-state index in [0.717, 1.165) is 30.4 Å². The number of ether oxygens (including phenoxy) is 1. The minimum Gasteiger partial charge on any atom is -0.374 e. The Balaban J connectivity index is 2.36. The predicted octanol–water partition coefficient (Wildman–Crippen LogP) is 2.03. The summed E-state index contributed by atoms with van der Waals surface area (Å²) in [7, 11) is 0. The van der Waals surface area contributed by atoms with Gasteiger partial charge in [-0.1, -0.05) is 6.92 Å². The maximum absolute atomic E-state index is 5.41. The van der Waals surface area contributed by atoms with E-state index in [9.17, 15) is 0 Å². The van der Waals surface area contributed by atoms with Crippen LogP contribution < -0.4 is 5.32 Å². The van der Waals surface area contributed by atoms with Crippen molar-refractivity contribution in [3.8, 4) is 5.82 Å². The molecule has 0 radical (unpaired) electrons. The first kappa shape index (κ1) is 15.4. The van der Waals surface area contributed by atoms with Gasteiger partial charge in [-0.3, -0.25) is 0 Å². The van der Waals surface area contributed by atoms with Crippen molar-refractivity contribution < 1.29 is 4.74 Å². The number of aromatic nitrogens is 5. The molecule has 0 unspecified atom stereocenters. The Hall–Kier alpha value is -2.02. The van der Waals surface area contributed by atoms with Crippen LogP contribution in [-0.4, -0.2) is 37.9 Å². The van der Waals surface area contributed by atoms with Crippen LogP contribution in [0.1, 0.15) is 37.7 Å². The molecule has 0 atom stereocenters. The summed E-state index contributed by atoms with van der Waals surface area (Å²) >= 11 is 0. The fourth-order valence-corrected chi connectivity index (χ4v) is 1.93. The number of nitrogens with zero attached hydrogens (tertiary/aromatic N) is 5. The number of nitrogens with one attached hydrogen (secondary N) is 1. The minimum absolute atomic E-state index is 0.387. The fraction of sp³-hybridized carbons (Fsp3) is 0.571. The normalized spacial score (nSPS) is 10.9. The van der Waals surface area contributed by atoms with E-state index < -0.39 is 0 Å². The van der Waals surface area contributed by atoms with Gasteiger partial charge in [0.15, 0.2) is 11.6 Å². The van der Waals surface area contributed by atoms with Gasteiger partial charge in [0.25, 0.3) is 0 Å². The van der Waals surface area contributed by atoms with Crippen LogP contribution in [0.4, 0.5) is 5.82 Å². The third-order valence-electron chi connectivity index (χ3n) is 2.84. The summed E-state index contributed by atoms with van der Waals surface area (Å²) in [5, 5.41) is 7.65. The Labute approximate surface area is 124 Å². The monoisotopic (exact) mass is 290 g/mol. The van der Waals surface area contributed by atoms with Crippen molar-refractivity contribution in [1.29, 1.82) is 0 Å². The van der Waals surface area contributed by atoms with Crippen LogP contribution in [0.25, 0.3) is 5.82 Å². The first-order valence-electron chi connectivity index (χ1n) is 7.24. The highest BCUT2D eigenvalue weighted by atomic mass is 16.5. The summed E-state index contributed by atoms with van der Waals surface area (Å²) < 4.78 is 7.13. The molecule has 2 aromatic rings. The summed E-state index contributed by atoms with van der Waals surface area (Å²) in [4.78, 5) is 13.3. The molecule has 114 valence electrons. The quantitative estimate of drug-likeness (QED) is 0.840. The molecule has 1 N–H and O–H groups in total. The lowest BCUT2D eigenvalue weighted by Crippen LogP contribution is -2.11. The molecule has 0 aliphatic heterocycles. The van der Waals surface area contributed by atoms with Crippen molar-refractivity contribution >= 4 is 5.82 Å². The van der Waals surface area contributed by atoms with Crippen LogP contribution in [0, 0.1) is 13.8 Å². The van der Waals surface area contributed by atoms with Crippen molar-refractivity contribution in [1.82, 2.24) is 24.7 Å². The molecule has 2 rings (SSSR count). The number of hydrogen-bond acceptors (Lipinski definition) is 6.